The van der Waals surface area contributed by atoms with Crippen LogP contribution in [0.3, 0.4) is 0 Å². The van der Waals surface area contributed by atoms with Gasteiger partial charge in [-0.05, 0) is 68.2 Å². The van der Waals surface area contributed by atoms with E-state index in [1.54, 1.807) is 6.07 Å². The molecule has 2 atom stereocenters. The maximum atomic E-state index is 13.1. The van der Waals surface area contributed by atoms with E-state index in [-0.39, 0.29) is 18.0 Å². The first-order valence-electron chi connectivity index (χ1n) is 10.8. The summed E-state index contributed by atoms with van der Waals surface area (Å²) in [6.07, 6.45) is 0.791. The summed E-state index contributed by atoms with van der Waals surface area (Å²) in [5, 5.41) is 0. The minimum Gasteiger partial charge on any atom is -0.341 e. The Kier molecular flexibility index (Phi) is 7.74. The van der Waals surface area contributed by atoms with Crippen LogP contribution >= 0.6 is 11.9 Å². The molecule has 1 saturated carbocycles. The van der Waals surface area contributed by atoms with Crippen LogP contribution in [-0.2, 0) is 11.0 Å². The number of amides is 1. The van der Waals surface area contributed by atoms with Crippen molar-refractivity contribution in [2.24, 2.45) is 11.7 Å². The number of nitrogens with zero attached hydrogens (tertiary/aromatic N) is 2. The van der Waals surface area contributed by atoms with Crippen LogP contribution in [0.5, 0.6) is 0 Å². The maximum absolute atomic E-state index is 13.1. The molecule has 0 spiro atoms. The number of alkyl halides is 3. The van der Waals surface area contributed by atoms with Gasteiger partial charge in [0.15, 0.2) is 0 Å². The molecule has 0 aromatic heterocycles. The lowest BCUT2D eigenvalue weighted by Crippen LogP contribution is -2.49. The summed E-state index contributed by atoms with van der Waals surface area (Å²) in [7, 11) is 0. The molecule has 0 bridgehead atoms. The van der Waals surface area contributed by atoms with Gasteiger partial charge in [0, 0.05) is 42.5 Å². The number of hydrogen-bond acceptors (Lipinski definition) is 4. The highest BCUT2D eigenvalue weighted by molar-refractivity contribution is 7.97. The van der Waals surface area contributed by atoms with Crippen LogP contribution in [0.15, 0.2) is 29.2 Å². The molecule has 0 radical (unpaired) electrons. The van der Waals surface area contributed by atoms with Gasteiger partial charge in [-0.3, -0.25) is 4.79 Å². The second-order valence-electron chi connectivity index (χ2n) is 8.94. The Morgan fingerprint density at radius 3 is 2.63 bits per heavy atom. The summed E-state index contributed by atoms with van der Waals surface area (Å²) < 4.78 is 41.5. The van der Waals surface area contributed by atoms with Crippen molar-refractivity contribution in [1.82, 2.24) is 9.21 Å². The fourth-order valence-electron chi connectivity index (χ4n) is 4.06. The number of halogens is 3. The van der Waals surface area contributed by atoms with Crippen LogP contribution in [0.25, 0.3) is 0 Å². The minimum atomic E-state index is -4.34. The molecule has 1 aromatic rings. The lowest BCUT2D eigenvalue weighted by atomic mass is 10.00. The first-order valence-corrected chi connectivity index (χ1v) is 11.6. The van der Waals surface area contributed by atoms with Crippen LogP contribution in [0.1, 0.15) is 57.9 Å². The molecule has 2 aliphatic rings. The minimum absolute atomic E-state index is 0.0904. The normalized spacial score (nSPS) is 21.3. The smallest absolute Gasteiger partial charge is 0.341 e. The van der Waals surface area contributed by atoms with E-state index in [4.69, 9.17) is 5.73 Å². The van der Waals surface area contributed by atoms with Crippen LogP contribution < -0.4 is 5.73 Å². The second kappa shape index (κ2) is 9.92. The molecule has 1 aliphatic heterocycles. The SMILES string of the molecule is CC(C)C[C@H](N)CC(=O)N1CCCC(N(Sc2cccc(C(F)(F)F)c2)C2CC2)C1. The fourth-order valence-corrected chi connectivity index (χ4v) is 5.30. The Balaban J connectivity index is 1.64. The van der Waals surface area contributed by atoms with E-state index in [0.29, 0.717) is 29.8 Å². The molecule has 1 saturated heterocycles. The van der Waals surface area contributed by atoms with Gasteiger partial charge < -0.3 is 10.6 Å². The molecule has 4 nitrogen and oxygen atoms in total. The van der Waals surface area contributed by atoms with Crippen LogP contribution in [0.2, 0.25) is 0 Å². The molecule has 1 amide bonds. The fraction of sp³-hybridized carbons (Fsp3) is 0.682. The molecule has 2 N–H and O–H groups in total. The average molecular weight is 444 g/mol. The third kappa shape index (κ3) is 6.62. The number of piperidine rings is 1. The summed E-state index contributed by atoms with van der Waals surface area (Å²) in [4.78, 5) is 15.2. The van der Waals surface area contributed by atoms with E-state index < -0.39 is 11.7 Å². The summed E-state index contributed by atoms with van der Waals surface area (Å²) in [5.74, 6) is 0.545. The van der Waals surface area contributed by atoms with Crippen molar-refractivity contribution in [3.63, 3.8) is 0 Å². The van der Waals surface area contributed by atoms with Gasteiger partial charge >= 0.3 is 6.18 Å². The molecule has 3 rings (SSSR count). The van der Waals surface area contributed by atoms with Crippen LogP contribution in [-0.4, -0.2) is 46.3 Å². The molecule has 1 unspecified atom stereocenters. The van der Waals surface area contributed by atoms with Crippen molar-refractivity contribution in [2.45, 2.75) is 81.6 Å². The van der Waals surface area contributed by atoms with Crippen molar-refractivity contribution in [3.05, 3.63) is 29.8 Å². The van der Waals surface area contributed by atoms with E-state index in [1.165, 1.54) is 24.1 Å². The zero-order valence-corrected chi connectivity index (χ0v) is 18.5. The molecular formula is C22H32F3N3OS. The lowest BCUT2D eigenvalue weighted by molar-refractivity contribution is -0.137. The highest BCUT2D eigenvalue weighted by Gasteiger charge is 2.38. The third-order valence-corrected chi connectivity index (χ3v) is 6.87. The number of nitrogens with two attached hydrogens (primary N) is 1. The Bertz CT molecular complexity index is 724. The van der Waals surface area contributed by atoms with Crippen molar-refractivity contribution < 1.29 is 18.0 Å². The number of benzene rings is 1. The summed E-state index contributed by atoms with van der Waals surface area (Å²) in [5.41, 5.74) is 5.51. The number of rotatable bonds is 8. The third-order valence-electron chi connectivity index (χ3n) is 5.60. The van der Waals surface area contributed by atoms with Gasteiger partial charge in [-0.2, -0.15) is 13.2 Å². The standard InChI is InChI=1S/C22H32F3N3OS/c1-15(2)11-17(26)13-21(29)27-10-4-6-19(14-27)28(18-8-9-18)30-20-7-3-5-16(12-20)22(23,24)25/h3,5,7,12,15,17-19H,4,6,8-11,13-14,26H2,1-2H3/t17-,19?/m0/s1. The summed E-state index contributed by atoms with van der Waals surface area (Å²) in [6, 6.07) is 5.90. The van der Waals surface area contributed by atoms with Gasteiger partial charge in [-0.1, -0.05) is 19.9 Å². The average Bonchev–Trinajstić information content (AvgIpc) is 3.50. The predicted octanol–water partition coefficient (Wildman–Crippen LogP) is 4.93. The van der Waals surface area contributed by atoms with Crippen LogP contribution in [0, 0.1) is 5.92 Å². The van der Waals surface area contributed by atoms with Crippen molar-refractivity contribution in [2.75, 3.05) is 13.1 Å². The predicted molar refractivity (Wildman–Crippen MR) is 114 cm³/mol. The highest BCUT2D eigenvalue weighted by Crippen LogP contribution is 2.41. The molecule has 30 heavy (non-hydrogen) atoms. The first kappa shape index (κ1) is 23.4. The molecule has 2 fully saturated rings. The Morgan fingerprint density at radius 1 is 1.27 bits per heavy atom. The number of carbonyl (C=O) groups excluding carboxylic acids is 1. The van der Waals surface area contributed by atoms with Gasteiger partial charge in [0.2, 0.25) is 5.91 Å². The maximum Gasteiger partial charge on any atom is 0.416 e. The molecule has 8 heteroatoms. The number of likely N-dealkylation sites (tertiary alicyclic amines) is 1. The largest absolute Gasteiger partial charge is 0.416 e. The van der Waals surface area contributed by atoms with Gasteiger partial charge in [0.1, 0.15) is 0 Å². The zero-order chi connectivity index (χ0) is 21.9. The van der Waals surface area contributed by atoms with Gasteiger partial charge in [-0.15, -0.1) is 0 Å². The lowest BCUT2D eigenvalue weighted by Gasteiger charge is -2.39. The van der Waals surface area contributed by atoms with E-state index in [9.17, 15) is 18.0 Å². The first-order chi connectivity index (χ1) is 14.1. The molecule has 1 aliphatic carbocycles. The zero-order valence-electron chi connectivity index (χ0n) is 17.7. The van der Waals surface area contributed by atoms with Gasteiger partial charge in [0.05, 0.1) is 5.56 Å². The van der Waals surface area contributed by atoms with Gasteiger partial charge in [-0.25, -0.2) is 4.31 Å². The van der Waals surface area contributed by atoms with E-state index in [1.807, 2.05) is 4.90 Å². The quantitative estimate of drug-likeness (QED) is 0.579. The van der Waals surface area contributed by atoms with Crippen molar-refractivity contribution >= 4 is 17.9 Å². The highest BCUT2D eigenvalue weighted by atomic mass is 32.2. The molecule has 168 valence electrons. The van der Waals surface area contributed by atoms with Crippen LogP contribution in [0.4, 0.5) is 13.2 Å². The molecular weight excluding hydrogens is 411 g/mol. The van der Waals surface area contributed by atoms with E-state index in [2.05, 4.69) is 18.2 Å². The topological polar surface area (TPSA) is 49.6 Å². The molecule has 1 aromatic carbocycles. The van der Waals surface area contributed by atoms with E-state index >= 15 is 0 Å². The Hall–Kier alpha value is -1.25. The summed E-state index contributed by atoms with van der Waals surface area (Å²) >= 11 is 1.40. The number of hydrogen-bond donors (Lipinski definition) is 1. The Morgan fingerprint density at radius 2 is 2.00 bits per heavy atom. The van der Waals surface area contributed by atoms with Crippen molar-refractivity contribution in [3.8, 4) is 0 Å². The van der Waals surface area contributed by atoms with Crippen molar-refractivity contribution in [1.29, 1.82) is 0 Å². The number of carbonyl (C=O) groups is 1. The van der Waals surface area contributed by atoms with Gasteiger partial charge in [0.25, 0.3) is 0 Å². The second-order valence-corrected chi connectivity index (χ2v) is 10.0. The van der Waals surface area contributed by atoms with E-state index in [0.717, 1.165) is 44.7 Å². The monoisotopic (exact) mass is 443 g/mol. The summed E-state index contributed by atoms with van der Waals surface area (Å²) in [6.45, 7) is 5.55. The Labute approximate surface area is 181 Å². The molecule has 1 heterocycles.